The molecule has 0 aromatic heterocycles. The van der Waals surface area contributed by atoms with E-state index in [-0.39, 0.29) is 12.2 Å². The third-order valence-corrected chi connectivity index (χ3v) is 2.66. The highest BCUT2D eigenvalue weighted by atomic mass is 19.2. The highest BCUT2D eigenvalue weighted by molar-refractivity contribution is 6.00. The van der Waals surface area contributed by atoms with Crippen molar-refractivity contribution in [1.82, 2.24) is 5.32 Å². The number of ketones is 1. The van der Waals surface area contributed by atoms with Gasteiger partial charge < -0.3 is 5.32 Å². The van der Waals surface area contributed by atoms with Gasteiger partial charge in [0.2, 0.25) is 0 Å². The van der Waals surface area contributed by atoms with Crippen LogP contribution >= 0.6 is 0 Å². The fraction of sp³-hybridized carbons (Fsp3) is 0.333. The average Bonchev–Trinajstić information content (AvgIpc) is 2.39. The van der Waals surface area contributed by atoms with Crippen LogP contribution in [-0.2, 0) is 4.79 Å². The minimum absolute atomic E-state index is 0.168. The molecular weight excluding hydrogens is 274 g/mol. The SMILES string of the molecule is CCC(=O)C(C)NC(=O)c1cc(F)c(F)cc1[N+](=O)[O-]. The Balaban J connectivity index is 3.12. The smallest absolute Gasteiger partial charge is 0.285 e. The summed E-state index contributed by atoms with van der Waals surface area (Å²) in [5.41, 5.74) is -1.50. The third kappa shape index (κ3) is 3.34. The van der Waals surface area contributed by atoms with Crippen molar-refractivity contribution in [2.24, 2.45) is 0 Å². The van der Waals surface area contributed by atoms with Crippen LogP contribution in [0.3, 0.4) is 0 Å². The fourth-order valence-electron chi connectivity index (χ4n) is 1.53. The van der Waals surface area contributed by atoms with Crippen LogP contribution in [0.1, 0.15) is 30.6 Å². The molecule has 0 spiro atoms. The van der Waals surface area contributed by atoms with Gasteiger partial charge in [-0.05, 0) is 13.0 Å². The molecule has 0 aliphatic heterocycles. The van der Waals surface area contributed by atoms with Crippen LogP contribution in [0.15, 0.2) is 12.1 Å². The van der Waals surface area contributed by atoms with E-state index < -0.39 is 39.8 Å². The number of nitro groups is 1. The monoisotopic (exact) mass is 286 g/mol. The maximum Gasteiger partial charge on any atom is 0.285 e. The van der Waals surface area contributed by atoms with Crippen LogP contribution in [0.4, 0.5) is 14.5 Å². The molecule has 1 unspecified atom stereocenters. The highest BCUT2D eigenvalue weighted by Crippen LogP contribution is 2.22. The summed E-state index contributed by atoms with van der Waals surface area (Å²) in [5.74, 6) is -4.10. The van der Waals surface area contributed by atoms with Gasteiger partial charge in [0, 0.05) is 6.42 Å². The Morgan fingerprint density at radius 3 is 2.40 bits per heavy atom. The van der Waals surface area contributed by atoms with Gasteiger partial charge in [0.1, 0.15) is 5.56 Å². The maximum atomic E-state index is 13.1. The standard InChI is InChI=1S/C12H12F2N2O4/c1-3-11(17)6(2)15-12(18)7-4-8(13)9(14)5-10(7)16(19)20/h4-6H,3H2,1-2H3,(H,15,18). The van der Waals surface area contributed by atoms with Crippen LogP contribution in [0, 0.1) is 21.7 Å². The van der Waals surface area contributed by atoms with Crippen molar-refractivity contribution in [2.75, 3.05) is 0 Å². The van der Waals surface area contributed by atoms with E-state index in [1.807, 2.05) is 0 Å². The van der Waals surface area contributed by atoms with Crippen LogP contribution in [0.5, 0.6) is 0 Å². The second kappa shape index (κ2) is 6.18. The van der Waals surface area contributed by atoms with Crippen LogP contribution in [0.25, 0.3) is 0 Å². The number of Topliss-reactive ketones (excluding diaryl/α,β-unsaturated/α-hetero) is 1. The summed E-state index contributed by atoms with van der Waals surface area (Å²) in [5, 5.41) is 12.9. The van der Waals surface area contributed by atoms with Gasteiger partial charge in [0.15, 0.2) is 17.4 Å². The summed E-state index contributed by atoms with van der Waals surface area (Å²) >= 11 is 0. The van der Waals surface area contributed by atoms with Crippen LogP contribution < -0.4 is 5.32 Å². The molecule has 0 aliphatic rings. The number of carbonyl (C=O) groups excluding carboxylic acids is 2. The number of amides is 1. The molecule has 0 heterocycles. The lowest BCUT2D eigenvalue weighted by Gasteiger charge is -2.12. The topological polar surface area (TPSA) is 89.3 Å². The number of nitrogens with one attached hydrogen (secondary N) is 1. The zero-order valence-corrected chi connectivity index (χ0v) is 10.8. The minimum atomic E-state index is -1.43. The number of halogens is 2. The zero-order valence-electron chi connectivity index (χ0n) is 10.8. The van der Waals surface area contributed by atoms with Crippen molar-refractivity contribution < 1.29 is 23.3 Å². The van der Waals surface area contributed by atoms with E-state index in [9.17, 15) is 28.5 Å². The first-order chi connectivity index (χ1) is 9.27. The first-order valence-corrected chi connectivity index (χ1v) is 5.75. The van der Waals surface area contributed by atoms with Gasteiger partial charge >= 0.3 is 0 Å². The van der Waals surface area contributed by atoms with E-state index in [1.165, 1.54) is 6.92 Å². The molecule has 0 radical (unpaired) electrons. The molecule has 0 saturated heterocycles. The number of nitrogens with zero attached hydrogens (tertiary/aromatic N) is 1. The Bertz CT molecular complexity index is 575. The summed E-state index contributed by atoms with van der Waals surface area (Å²) < 4.78 is 26.1. The first-order valence-electron chi connectivity index (χ1n) is 5.75. The van der Waals surface area contributed by atoms with Gasteiger partial charge in [-0.3, -0.25) is 19.7 Å². The van der Waals surface area contributed by atoms with Crippen LogP contribution in [-0.4, -0.2) is 22.7 Å². The van der Waals surface area contributed by atoms with Crippen molar-refractivity contribution in [2.45, 2.75) is 26.3 Å². The number of hydrogen-bond acceptors (Lipinski definition) is 4. The number of hydrogen-bond donors (Lipinski definition) is 1. The second-order valence-corrected chi connectivity index (χ2v) is 4.06. The Kier molecular flexibility index (Phi) is 4.84. The van der Waals surface area contributed by atoms with Crippen LogP contribution in [0.2, 0.25) is 0 Å². The van der Waals surface area contributed by atoms with Crippen molar-refractivity contribution in [1.29, 1.82) is 0 Å². The normalized spacial score (nSPS) is 11.8. The second-order valence-electron chi connectivity index (χ2n) is 4.06. The van der Waals surface area contributed by atoms with E-state index >= 15 is 0 Å². The third-order valence-electron chi connectivity index (χ3n) is 2.66. The van der Waals surface area contributed by atoms with Gasteiger partial charge in [-0.2, -0.15) is 0 Å². The summed E-state index contributed by atoms with van der Waals surface area (Å²) in [7, 11) is 0. The number of benzene rings is 1. The molecule has 1 N–H and O–H groups in total. The summed E-state index contributed by atoms with van der Waals surface area (Å²) in [6, 6.07) is -0.108. The van der Waals surface area contributed by atoms with E-state index in [1.54, 1.807) is 6.92 Å². The number of rotatable bonds is 5. The number of carbonyl (C=O) groups is 2. The molecule has 1 aromatic carbocycles. The quantitative estimate of drug-likeness (QED) is 0.662. The molecule has 0 aliphatic carbocycles. The molecule has 1 amide bonds. The Morgan fingerprint density at radius 2 is 1.90 bits per heavy atom. The van der Waals surface area contributed by atoms with E-state index in [0.29, 0.717) is 12.1 Å². The fourth-order valence-corrected chi connectivity index (χ4v) is 1.53. The van der Waals surface area contributed by atoms with Crippen molar-refractivity contribution in [3.8, 4) is 0 Å². The van der Waals surface area contributed by atoms with E-state index in [4.69, 9.17) is 0 Å². The Morgan fingerprint density at radius 1 is 1.35 bits per heavy atom. The highest BCUT2D eigenvalue weighted by Gasteiger charge is 2.25. The van der Waals surface area contributed by atoms with Crippen molar-refractivity contribution in [3.05, 3.63) is 39.4 Å². The zero-order chi connectivity index (χ0) is 15.4. The van der Waals surface area contributed by atoms with Gasteiger partial charge in [0.05, 0.1) is 17.0 Å². The molecule has 1 rings (SSSR count). The molecular formula is C12H12F2N2O4. The molecule has 20 heavy (non-hydrogen) atoms. The molecule has 1 aromatic rings. The predicted octanol–water partition coefficient (Wildman–Crippen LogP) is 1.97. The van der Waals surface area contributed by atoms with Crippen molar-refractivity contribution >= 4 is 17.4 Å². The Labute approximate surface area is 112 Å². The van der Waals surface area contributed by atoms with E-state index in [2.05, 4.69) is 5.32 Å². The molecule has 1 atom stereocenters. The molecule has 6 nitrogen and oxygen atoms in total. The molecule has 0 bridgehead atoms. The minimum Gasteiger partial charge on any atom is -0.342 e. The molecule has 8 heteroatoms. The molecule has 0 saturated carbocycles. The lowest BCUT2D eigenvalue weighted by atomic mass is 10.1. The first kappa shape index (κ1) is 15.7. The van der Waals surface area contributed by atoms with Gasteiger partial charge in [0.25, 0.3) is 11.6 Å². The maximum absolute atomic E-state index is 13.1. The Hall–Kier alpha value is -2.38. The summed E-state index contributed by atoms with van der Waals surface area (Å²) in [4.78, 5) is 32.9. The summed E-state index contributed by atoms with van der Waals surface area (Å²) in [6.45, 7) is 2.99. The lowest BCUT2D eigenvalue weighted by molar-refractivity contribution is -0.385. The van der Waals surface area contributed by atoms with Crippen molar-refractivity contribution in [3.63, 3.8) is 0 Å². The largest absolute Gasteiger partial charge is 0.342 e. The van der Waals surface area contributed by atoms with E-state index in [0.717, 1.165) is 0 Å². The van der Waals surface area contributed by atoms with Gasteiger partial charge in [-0.25, -0.2) is 8.78 Å². The van der Waals surface area contributed by atoms with Gasteiger partial charge in [-0.1, -0.05) is 6.92 Å². The molecule has 0 fully saturated rings. The molecule has 108 valence electrons. The van der Waals surface area contributed by atoms with Gasteiger partial charge in [-0.15, -0.1) is 0 Å². The number of nitro benzene ring substituents is 1. The average molecular weight is 286 g/mol. The predicted molar refractivity (Wildman–Crippen MR) is 65.2 cm³/mol. The summed E-state index contributed by atoms with van der Waals surface area (Å²) in [6.07, 6.45) is 0.168. The lowest BCUT2D eigenvalue weighted by Crippen LogP contribution is -2.38.